The molecular weight excluding hydrogens is 320 g/mol. The van der Waals surface area contributed by atoms with Gasteiger partial charge in [0.05, 0.1) is 12.7 Å². The number of aliphatic hydroxyl groups is 1. The topological polar surface area (TPSA) is 46.5 Å². The molecule has 1 N–H and O–H groups in total. The van der Waals surface area contributed by atoms with Gasteiger partial charge in [0.15, 0.2) is 0 Å². The lowest BCUT2D eigenvalue weighted by Gasteiger charge is -2.14. The lowest BCUT2D eigenvalue weighted by molar-refractivity contribution is 0.0503. The average Bonchev–Trinajstić information content (AvgIpc) is 3.14. The number of aliphatic hydroxyl groups excluding tert-OH is 1. The normalized spacial score (nSPS) is 11.9. The quantitative estimate of drug-likeness (QED) is 0.388. The van der Waals surface area contributed by atoms with E-state index in [1.807, 2.05) is 29.6 Å². The van der Waals surface area contributed by atoms with Crippen molar-refractivity contribution in [2.24, 2.45) is 0 Å². The number of thiophene rings is 1. The monoisotopic (exact) mass is 344 g/mol. The minimum atomic E-state index is -0.473. The Hall–Kier alpha value is -1.91. The predicted molar refractivity (Wildman–Crippen MR) is 98.4 cm³/mol. The maximum Gasteiger partial charge on any atom is 0.348 e. The smallest absolute Gasteiger partial charge is 0.348 e. The molecular formula is C20H24O3S. The predicted octanol–water partition coefficient (Wildman–Crippen LogP) is 4.63. The molecule has 128 valence electrons. The van der Waals surface area contributed by atoms with Crippen molar-refractivity contribution < 1.29 is 14.6 Å². The zero-order chi connectivity index (χ0) is 17.2. The summed E-state index contributed by atoms with van der Waals surface area (Å²) in [5, 5.41) is 12.0. The van der Waals surface area contributed by atoms with Crippen molar-refractivity contribution in [2.75, 3.05) is 6.61 Å². The van der Waals surface area contributed by atoms with Crippen LogP contribution in [0.25, 0.3) is 0 Å². The van der Waals surface area contributed by atoms with Gasteiger partial charge < -0.3 is 9.84 Å². The Morgan fingerprint density at radius 1 is 1.17 bits per heavy atom. The zero-order valence-electron chi connectivity index (χ0n) is 13.8. The molecule has 1 aromatic heterocycles. The van der Waals surface area contributed by atoms with Gasteiger partial charge in [0.2, 0.25) is 0 Å². The number of hydrogen-bond acceptors (Lipinski definition) is 4. The second kappa shape index (κ2) is 10.1. The van der Waals surface area contributed by atoms with Crippen molar-refractivity contribution in [2.45, 2.75) is 38.2 Å². The highest BCUT2D eigenvalue weighted by Crippen LogP contribution is 2.16. The molecule has 2 rings (SSSR count). The third kappa shape index (κ3) is 6.30. The average molecular weight is 344 g/mol. The van der Waals surface area contributed by atoms with Crippen molar-refractivity contribution >= 4 is 17.3 Å². The minimum Gasteiger partial charge on any atom is -0.462 e. The summed E-state index contributed by atoms with van der Waals surface area (Å²) in [5.41, 5.74) is 2.08. The van der Waals surface area contributed by atoms with E-state index in [-0.39, 0.29) is 5.97 Å². The van der Waals surface area contributed by atoms with E-state index in [0.29, 0.717) is 17.9 Å². The summed E-state index contributed by atoms with van der Waals surface area (Å²) in [6.07, 6.45) is 3.46. The van der Waals surface area contributed by atoms with Crippen LogP contribution in [0, 0.1) is 0 Å². The molecule has 0 bridgehead atoms. The summed E-state index contributed by atoms with van der Waals surface area (Å²) in [4.78, 5) is 12.3. The molecule has 0 amide bonds. The molecule has 3 nitrogen and oxygen atoms in total. The third-order valence-electron chi connectivity index (χ3n) is 3.87. The molecule has 0 fully saturated rings. The summed E-state index contributed by atoms with van der Waals surface area (Å²) in [5.74, 6) is -0.258. The van der Waals surface area contributed by atoms with Crippen LogP contribution >= 0.6 is 11.3 Å². The van der Waals surface area contributed by atoms with Crippen molar-refractivity contribution in [3.05, 3.63) is 70.4 Å². The molecule has 0 aliphatic carbocycles. The number of ether oxygens (including phenoxy) is 1. The van der Waals surface area contributed by atoms with Gasteiger partial charge in [-0.05, 0) is 54.7 Å². The van der Waals surface area contributed by atoms with Crippen LogP contribution in [0.3, 0.4) is 0 Å². The molecule has 0 saturated heterocycles. The van der Waals surface area contributed by atoms with Crippen LogP contribution < -0.4 is 0 Å². The van der Waals surface area contributed by atoms with Gasteiger partial charge in [-0.15, -0.1) is 11.3 Å². The molecule has 1 heterocycles. The molecule has 4 heteroatoms. The summed E-state index contributed by atoms with van der Waals surface area (Å²) in [6, 6.07) is 13.7. The number of benzene rings is 1. The van der Waals surface area contributed by atoms with Crippen LogP contribution in [0.5, 0.6) is 0 Å². The van der Waals surface area contributed by atoms with Crippen LogP contribution in [-0.4, -0.2) is 23.8 Å². The van der Waals surface area contributed by atoms with Crippen molar-refractivity contribution in [3.63, 3.8) is 0 Å². The highest BCUT2D eigenvalue weighted by molar-refractivity contribution is 7.11. The highest BCUT2D eigenvalue weighted by Gasteiger charge is 2.10. The summed E-state index contributed by atoms with van der Waals surface area (Å²) >= 11 is 1.39. The zero-order valence-corrected chi connectivity index (χ0v) is 14.6. The molecule has 24 heavy (non-hydrogen) atoms. The standard InChI is InChI=1S/C20H24O3S/c1-16(18(21)13-12-17-9-3-2-4-10-17)8-5-6-14-23-20(22)19-11-7-15-24-19/h2-4,7,9-11,15,18,21H,1,5-6,8,12-14H2. The Labute approximate surface area is 147 Å². The van der Waals surface area contributed by atoms with E-state index in [1.165, 1.54) is 16.9 Å². The Bertz CT molecular complexity index is 620. The SMILES string of the molecule is C=C(CCCCOC(=O)c1cccs1)C(O)CCc1ccccc1. The van der Waals surface area contributed by atoms with E-state index in [2.05, 4.69) is 18.7 Å². The van der Waals surface area contributed by atoms with Crippen molar-refractivity contribution in [1.29, 1.82) is 0 Å². The first-order valence-corrected chi connectivity index (χ1v) is 9.15. The molecule has 0 aliphatic rings. The first-order chi connectivity index (χ1) is 11.7. The Morgan fingerprint density at radius 3 is 2.67 bits per heavy atom. The van der Waals surface area contributed by atoms with Crippen LogP contribution in [0.4, 0.5) is 0 Å². The number of esters is 1. The number of unbranched alkanes of at least 4 members (excludes halogenated alkanes) is 1. The van der Waals surface area contributed by atoms with E-state index in [9.17, 15) is 9.90 Å². The van der Waals surface area contributed by atoms with Gasteiger partial charge in [-0.2, -0.15) is 0 Å². The lowest BCUT2D eigenvalue weighted by atomic mass is 9.99. The second-order valence-electron chi connectivity index (χ2n) is 5.77. The largest absolute Gasteiger partial charge is 0.462 e. The number of rotatable bonds is 10. The molecule has 1 aromatic carbocycles. The molecule has 2 aromatic rings. The van der Waals surface area contributed by atoms with Crippen molar-refractivity contribution in [1.82, 2.24) is 0 Å². The minimum absolute atomic E-state index is 0.258. The van der Waals surface area contributed by atoms with Crippen LogP contribution in [0.2, 0.25) is 0 Å². The molecule has 0 saturated carbocycles. The van der Waals surface area contributed by atoms with Crippen LogP contribution in [-0.2, 0) is 11.2 Å². The number of carbonyl (C=O) groups is 1. The van der Waals surface area contributed by atoms with Gasteiger partial charge in [-0.3, -0.25) is 0 Å². The number of hydrogen-bond donors (Lipinski definition) is 1. The fourth-order valence-electron chi connectivity index (χ4n) is 2.40. The second-order valence-corrected chi connectivity index (χ2v) is 6.72. The molecule has 0 spiro atoms. The molecule has 0 aliphatic heterocycles. The summed E-state index contributed by atoms with van der Waals surface area (Å²) in [6.45, 7) is 4.39. The van der Waals surface area contributed by atoms with E-state index in [4.69, 9.17) is 4.74 Å². The fourth-order valence-corrected chi connectivity index (χ4v) is 3.02. The third-order valence-corrected chi connectivity index (χ3v) is 4.72. The van der Waals surface area contributed by atoms with Crippen LogP contribution in [0.15, 0.2) is 60.0 Å². The van der Waals surface area contributed by atoms with Gasteiger partial charge in [0, 0.05) is 0 Å². The molecule has 1 atom stereocenters. The molecule has 0 radical (unpaired) electrons. The maximum absolute atomic E-state index is 11.7. The Balaban J connectivity index is 1.56. The van der Waals surface area contributed by atoms with E-state index >= 15 is 0 Å². The van der Waals surface area contributed by atoms with Crippen LogP contribution in [0.1, 0.15) is 40.9 Å². The fraction of sp³-hybridized carbons (Fsp3) is 0.350. The summed E-state index contributed by atoms with van der Waals surface area (Å²) < 4.78 is 5.21. The lowest BCUT2D eigenvalue weighted by Crippen LogP contribution is -2.11. The Kier molecular flexibility index (Phi) is 7.72. The van der Waals surface area contributed by atoms with E-state index < -0.39 is 6.10 Å². The van der Waals surface area contributed by atoms with Gasteiger partial charge in [0.1, 0.15) is 4.88 Å². The highest BCUT2D eigenvalue weighted by atomic mass is 32.1. The van der Waals surface area contributed by atoms with Gasteiger partial charge in [-0.25, -0.2) is 4.79 Å². The first-order valence-electron chi connectivity index (χ1n) is 8.27. The first kappa shape index (κ1) is 18.4. The van der Waals surface area contributed by atoms with Gasteiger partial charge in [-0.1, -0.05) is 43.0 Å². The van der Waals surface area contributed by atoms with Gasteiger partial charge in [0.25, 0.3) is 0 Å². The number of aryl methyl sites for hydroxylation is 1. The number of carbonyl (C=O) groups excluding carboxylic acids is 1. The Morgan fingerprint density at radius 2 is 1.96 bits per heavy atom. The molecule has 1 unspecified atom stereocenters. The summed E-state index contributed by atoms with van der Waals surface area (Å²) in [7, 11) is 0. The van der Waals surface area contributed by atoms with E-state index in [0.717, 1.165) is 31.3 Å². The van der Waals surface area contributed by atoms with Gasteiger partial charge >= 0.3 is 5.97 Å². The maximum atomic E-state index is 11.7. The van der Waals surface area contributed by atoms with Crippen molar-refractivity contribution in [3.8, 4) is 0 Å². The van der Waals surface area contributed by atoms with E-state index in [1.54, 1.807) is 6.07 Å².